The zero-order valence-electron chi connectivity index (χ0n) is 15.0. The van der Waals surface area contributed by atoms with Crippen molar-refractivity contribution in [2.45, 2.75) is 0 Å². The number of anilines is 1. The Bertz CT molecular complexity index is 1220. The summed E-state index contributed by atoms with van der Waals surface area (Å²) in [4.78, 5) is 31.1. The molecular formula is C16H15Cl3N8O2S. The molecule has 2 amide bonds. The van der Waals surface area contributed by atoms with Crippen LogP contribution in [0.4, 0.5) is 5.69 Å². The highest BCUT2D eigenvalue weighted by Gasteiger charge is 2.19. The van der Waals surface area contributed by atoms with Gasteiger partial charge < -0.3 is 16.8 Å². The maximum atomic E-state index is 11.4. The average Bonchev–Trinajstić information content (AvgIpc) is 3.36. The summed E-state index contributed by atoms with van der Waals surface area (Å²) >= 11 is 7.56. The van der Waals surface area contributed by atoms with Crippen LogP contribution >= 0.6 is 47.8 Å². The summed E-state index contributed by atoms with van der Waals surface area (Å²) in [6.07, 6.45) is 3.21. The number of hydrogen-bond acceptors (Lipinski definition) is 7. The summed E-state index contributed by atoms with van der Waals surface area (Å²) < 4.78 is 2.39. The number of nitrogens with two attached hydrogens (primary N) is 2. The van der Waals surface area contributed by atoms with Gasteiger partial charge in [0.15, 0.2) is 16.5 Å². The van der Waals surface area contributed by atoms with Gasteiger partial charge in [0, 0.05) is 11.3 Å². The van der Waals surface area contributed by atoms with Crippen molar-refractivity contribution in [1.29, 1.82) is 0 Å². The van der Waals surface area contributed by atoms with Crippen LogP contribution in [0.1, 0.15) is 9.80 Å². The van der Waals surface area contributed by atoms with Gasteiger partial charge in [-0.2, -0.15) is 5.10 Å². The minimum atomic E-state index is -0.607. The van der Waals surface area contributed by atoms with Crippen molar-refractivity contribution >= 4 is 75.6 Å². The predicted octanol–water partition coefficient (Wildman–Crippen LogP) is 2.37. The second-order valence-corrected chi connectivity index (χ2v) is 7.11. The van der Waals surface area contributed by atoms with E-state index in [0.29, 0.717) is 38.1 Å². The Hall–Kier alpha value is -2.70. The molecule has 0 aliphatic carbocycles. The Labute approximate surface area is 190 Å². The quantitative estimate of drug-likeness (QED) is 0.337. The van der Waals surface area contributed by atoms with Crippen LogP contribution in [0.25, 0.3) is 27.4 Å². The number of rotatable bonds is 5. The number of thiazole rings is 1. The van der Waals surface area contributed by atoms with Crippen LogP contribution in [-0.4, -0.2) is 43.1 Å². The zero-order valence-corrected chi connectivity index (χ0v) is 18.2. The molecule has 0 saturated heterocycles. The predicted molar refractivity (Wildman–Crippen MR) is 120 cm³/mol. The number of amides is 2. The lowest BCUT2D eigenvalue weighted by atomic mass is 10.1. The number of H-pyrrole nitrogens is 1. The molecule has 6 N–H and O–H groups in total. The van der Waals surface area contributed by atoms with Crippen molar-refractivity contribution in [3.05, 3.63) is 40.8 Å². The van der Waals surface area contributed by atoms with Gasteiger partial charge in [-0.1, -0.05) is 11.6 Å². The number of primary amides is 1. The molecule has 0 aliphatic rings. The molecule has 158 valence electrons. The Morgan fingerprint density at radius 3 is 2.73 bits per heavy atom. The number of benzene rings is 1. The van der Waals surface area contributed by atoms with E-state index in [-0.39, 0.29) is 42.3 Å². The number of carbonyl (C=O) groups is 2. The molecule has 0 bridgehead atoms. The molecule has 0 spiro atoms. The smallest absolute Gasteiger partial charge is 0.277 e. The third-order valence-corrected chi connectivity index (χ3v) is 5.27. The minimum absolute atomic E-state index is 0. The number of halogens is 3. The van der Waals surface area contributed by atoms with E-state index < -0.39 is 5.91 Å². The number of imidazole rings is 1. The molecule has 0 atom stereocenters. The molecule has 0 radical (unpaired) electrons. The Morgan fingerprint density at radius 1 is 1.30 bits per heavy atom. The van der Waals surface area contributed by atoms with Gasteiger partial charge in [0.05, 0.1) is 23.5 Å². The normalized spacial score (nSPS) is 10.3. The maximum absolute atomic E-state index is 11.4. The highest BCUT2D eigenvalue weighted by atomic mass is 35.5. The number of aromatic amines is 1. The van der Waals surface area contributed by atoms with Crippen LogP contribution in [0, 0.1) is 0 Å². The monoisotopic (exact) mass is 488 g/mol. The minimum Gasteiger partial charge on any atom is -0.364 e. The molecule has 4 aromatic rings. The molecule has 14 heteroatoms. The second kappa shape index (κ2) is 9.41. The first-order chi connectivity index (χ1) is 13.5. The highest BCUT2D eigenvalue weighted by molar-refractivity contribution is 7.20. The van der Waals surface area contributed by atoms with E-state index in [1.807, 2.05) is 0 Å². The fourth-order valence-corrected chi connectivity index (χ4v) is 3.78. The van der Waals surface area contributed by atoms with E-state index in [0.717, 1.165) is 11.3 Å². The third kappa shape index (κ3) is 4.25. The number of nitrogens with one attached hydrogen (secondary N) is 2. The zero-order chi connectivity index (χ0) is 19.8. The summed E-state index contributed by atoms with van der Waals surface area (Å²) in [7, 11) is 0. The second-order valence-electron chi connectivity index (χ2n) is 5.70. The molecule has 0 saturated carbocycles. The van der Waals surface area contributed by atoms with Crippen LogP contribution in [0.15, 0.2) is 30.7 Å². The first-order valence-corrected chi connectivity index (χ1v) is 9.14. The van der Waals surface area contributed by atoms with Crippen LogP contribution in [-0.2, 0) is 4.79 Å². The first kappa shape index (κ1) is 23.6. The first-order valence-electron chi connectivity index (χ1n) is 7.95. The Kier molecular flexibility index (Phi) is 7.39. The van der Waals surface area contributed by atoms with Gasteiger partial charge in [0.25, 0.3) is 5.91 Å². The molecule has 4 rings (SSSR count). The van der Waals surface area contributed by atoms with Crippen LogP contribution in [0.3, 0.4) is 0 Å². The number of aromatic nitrogens is 5. The third-order valence-electron chi connectivity index (χ3n) is 3.89. The van der Waals surface area contributed by atoms with Crippen molar-refractivity contribution in [1.82, 2.24) is 24.7 Å². The molecule has 10 nitrogen and oxygen atoms in total. The largest absolute Gasteiger partial charge is 0.364 e. The molecule has 0 unspecified atom stereocenters. The van der Waals surface area contributed by atoms with Crippen molar-refractivity contribution in [2.24, 2.45) is 11.5 Å². The molecule has 30 heavy (non-hydrogen) atoms. The number of nitrogens with zero attached hydrogens (tertiary/aromatic N) is 4. The molecule has 0 fully saturated rings. The Morgan fingerprint density at radius 2 is 2.07 bits per heavy atom. The van der Waals surface area contributed by atoms with E-state index >= 15 is 0 Å². The molecular weight excluding hydrogens is 475 g/mol. The summed E-state index contributed by atoms with van der Waals surface area (Å²) in [5.41, 5.74) is 13.0. The van der Waals surface area contributed by atoms with Crippen molar-refractivity contribution in [3.8, 4) is 17.1 Å². The number of carbonyl (C=O) groups excluding carboxylic acids is 2. The van der Waals surface area contributed by atoms with Gasteiger partial charge in [0.2, 0.25) is 5.91 Å². The topological polar surface area (TPSA) is 158 Å². The van der Waals surface area contributed by atoms with Crippen molar-refractivity contribution in [2.75, 3.05) is 11.9 Å². The molecule has 0 aliphatic heterocycles. The molecule has 3 heterocycles. The van der Waals surface area contributed by atoms with Crippen molar-refractivity contribution in [3.63, 3.8) is 0 Å². The Balaban J connectivity index is 0.00000160. The van der Waals surface area contributed by atoms with Crippen LogP contribution in [0.2, 0.25) is 5.02 Å². The standard InChI is InChI=1S/C16H13ClN8O2S.2ClH/c17-9-3-7(21-11(26)4-18)1-2-8(9)10-5-20-6-25(10)15-12-14(23-24-15)22-16(28-12)13(19)27;;/h1-3,5-6H,4,18H2,(H2,19,27)(H,21,26)(H,23,24);2*1H. The van der Waals surface area contributed by atoms with Crippen LogP contribution in [0.5, 0.6) is 0 Å². The number of fused-ring (bicyclic) bond motifs is 1. The lowest BCUT2D eigenvalue weighted by Crippen LogP contribution is -2.21. The van der Waals surface area contributed by atoms with Gasteiger partial charge in [0.1, 0.15) is 11.0 Å². The van der Waals surface area contributed by atoms with E-state index in [1.54, 1.807) is 35.3 Å². The SMILES string of the molecule is Cl.Cl.NCC(=O)Nc1ccc(-c2cncn2-c2n[nH]c3nc(C(N)=O)sc23)c(Cl)c1. The lowest BCUT2D eigenvalue weighted by molar-refractivity contribution is -0.114. The maximum Gasteiger partial charge on any atom is 0.277 e. The summed E-state index contributed by atoms with van der Waals surface area (Å²) in [5, 5.41) is 10.3. The lowest BCUT2D eigenvalue weighted by Gasteiger charge is -2.10. The summed E-state index contributed by atoms with van der Waals surface area (Å²) in [6, 6.07) is 5.09. The molecule has 1 aromatic carbocycles. The van der Waals surface area contributed by atoms with Crippen LogP contribution < -0.4 is 16.8 Å². The van der Waals surface area contributed by atoms with Gasteiger partial charge >= 0.3 is 0 Å². The van der Waals surface area contributed by atoms with E-state index in [2.05, 4.69) is 25.5 Å². The van der Waals surface area contributed by atoms with Gasteiger partial charge in [-0.05, 0) is 18.2 Å². The van der Waals surface area contributed by atoms with Crippen molar-refractivity contribution < 1.29 is 9.59 Å². The average molecular weight is 490 g/mol. The van der Waals surface area contributed by atoms with Gasteiger partial charge in [-0.3, -0.25) is 19.3 Å². The summed E-state index contributed by atoms with van der Waals surface area (Å²) in [6.45, 7) is -0.122. The van der Waals surface area contributed by atoms with Gasteiger partial charge in [-0.25, -0.2) is 9.97 Å². The summed E-state index contributed by atoms with van der Waals surface area (Å²) in [5.74, 6) is -0.406. The van der Waals surface area contributed by atoms with E-state index in [1.165, 1.54) is 0 Å². The van der Waals surface area contributed by atoms with E-state index in [9.17, 15) is 9.59 Å². The fourth-order valence-electron chi connectivity index (χ4n) is 2.65. The van der Waals surface area contributed by atoms with Gasteiger partial charge in [-0.15, -0.1) is 36.2 Å². The fraction of sp³-hybridized carbons (Fsp3) is 0.0625. The number of hydrogen-bond donors (Lipinski definition) is 4. The highest BCUT2D eigenvalue weighted by Crippen LogP contribution is 2.34. The molecule has 3 aromatic heterocycles. The van der Waals surface area contributed by atoms with E-state index in [4.69, 9.17) is 23.1 Å².